The van der Waals surface area contributed by atoms with Crippen molar-refractivity contribution in [3.05, 3.63) is 65.9 Å². The van der Waals surface area contributed by atoms with Gasteiger partial charge >= 0.3 is 0 Å². The summed E-state index contributed by atoms with van der Waals surface area (Å²) in [5.74, 6) is 0.704. The van der Waals surface area contributed by atoms with Crippen LogP contribution in [0.25, 0.3) is 22.4 Å². The molecule has 2 aromatic carbocycles. The number of hydrogen-bond acceptors (Lipinski definition) is 4. The lowest BCUT2D eigenvalue weighted by atomic mass is 9.98. The smallest absolute Gasteiger partial charge is 0.150 e. The predicted octanol–water partition coefficient (Wildman–Crippen LogP) is 4.06. The van der Waals surface area contributed by atoms with Crippen LogP contribution in [0.2, 0.25) is 0 Å². The maximum Gasteiger partial charge on any atom is 0.150 e. The van der Waals surface area contributed by atoms with E-state index in [0.29, 0.717) is 12.3 Å². The van der Waals surface area contributed by atoms with Crippen molar-refractivity contribution in [1.82, 2.24) is 10.1 Å². The second-order valence-electron chi connectivity index (χ2n) is 6.60. The van der Waals surface area contributed by atoms with Gasteiger partial charge < -0.3 is 10.3 Å². The molecule has 1 aromatic heterocycles. The molecule has 1 aliphatic heterocycles. The molecular formula is C21H23N3O. The first-order valence-corrected chi connectivity index (χ1v) is 8.90. The zero-order valence-electron chi connectivity index (χ0n) is 14.3. The molecule has 1 fully saturated rings. The fourth-order valence-corrected chi connectivity index (χ4v) is 3.49. The Morgan fingerprint density at radius 1 is 0.960 bits per heavy atom. The molecule has 128 valence electrons. The van der Waals surface area contributed by atoms with Crippen molar-refractivity contribution in [3.63, 3.8) is 0 Å². The molecule has 0 unspecified atom stereocenters. The maximum atomic E-state index is 5.59. The van der Waals surface area contributed by atoms with Gasteiger partial charge in [0, 0.05) is 18.2 Å². The number of hydrogen-bond donors (Lipinski definition) is 1. The van der Waals surface area contributed by atoms with Crippen LogP contribution in [-0.4, -0.2) is 23.1 Å². The summed E-state index contributed by atoms with van der Waals surface area (Å²) in [6.45, 7) is 3.82. The summed E-state index contributed by atoms with van der Waals surface area (Å²) in [5.41, 5.74) is 11.4. The topological polar surface area (TPSA) is 55.3 Å². The molecular weight excluding hydrogens is 310 g/mol. The van der Waals surface area contributed by atoms with Crippen LogP contribution in [0.3, 0.4) is 0 Å². The SMILES string of the molecule is NCc1cc(-c2ccc(-c3ccccc3CN3CCCC3)cc2)no1. The Bertz CT molecular complexity index is 832. The summed E-state index contributed by atoms with van der Waals surface area (Å²) < 4.78 is 5.20. The van der Waals surface area contributed by atoms with Gasteiger partial charge in [-0.2, -0.15) is 0 Å². The highest BCUT2D eigenvalue weighted by Crippen LogP contribution is 2.28. The number of rotatable bonds is 5. The third kappa shape index (κ3) is 3.50. The normalized spacial score (nSPS) is 14.9. The molecule has 0 saturated carbocycles. The monoisotopic (exact) mass is 333 g/mol. The quantitative estimate of drug-likeness (QED) is 0.765. The van der Waals surface area contributed by atoms with Crippen molar-refractivity contribution in [2.24, 2.45) is 5.73 Å². The van der Waals surface area contributed by atoms with Crippen LogP contribution in [0.5, 0.6) is 0 Å². The molecule has 2 heterocycles. The summed E-state index contributed by atoms with van der Waals surface area (Å²) in [5, 5.41) is 4.08. The lowest BCUT2D eigenvalue weighted by Gasteiger charge is -2.17. The van der Waals surface area contributed by atoms with E-state index in [1.165, 1.54) is 42.6 Å². The average molecular weight is 333 g/mol. The highest BCUT2D eigenvalue weighted by molar-refractivity contribution is 5.71. The van der Waals surface area contributed by atoms with Crippen molar-refractivity contribution in [2.45, 2.75) is 25.9 Å². The molecule has 1 saturated heterocycles. The van der Waals surface area contributed by atoms with Crippen molar-refractivity contribution >= 4 is 0 Å². The van der Waals surface area contributed by atoms with Gasteiger partial charge in [-0.1, -0.05) is 53.7 Å². The van der Waals surface area contributed by atoms with E-state index in [0.717, 1.165) is 17.8 Å². The van der Waals surface area contributed by atoms with E-state index in [-0.39, 0.29) is 0 Å². The van der Waals surface area contributed by atoms with E-state index in [9.17, 15) is 0 Å². The summed E-state index contributed by atoms with van der Waals surface area (Å²) in [6.07, 6.45) is 2.64. The van der Waals surface area contributed by atoms with Gasteiger partial charge in [-0.05, 0) is 42.6 Å². The first-order chi connectivity index (χ1) is 12.3. The van der Waals surface area contributed by atoms with E-state index in [4.69, 9.17) is 10.3 Å². The van der Waals surface area contributed by atoms with E-state index < -0.39 is 0 Å². The first kappa shape index (κ1) is 16.1. The molecule has 0 radical (unpaired) electrons. The lowest BCUT2D eigenvalue weighted by molar-refractivity contribution is 0.332. The molecule has 2 N–H and O–H groups in total. The third-order valence-electron chi connectivity index (χ3n) is 4.86. The van der Waals surface area contributed by atoms with E-state index in [1.807, 2.05) is 6.07 Å². The van der Waals surface area contributed by atoms with Gasteiger partial charge in [-0.15, -0.1) is 0 Å². The minimum absolute atomic E-state index is 0.370. The van der Waals surface area contributed by atoms with Crippen LogP contribution in [0.4, 0.5) is 0 Å². The predicted molar refractivity (Wildman–Crippen MR) is 99.8 cm³/mol. The van der Waals surface area contributed by atoms with Crippen LogP contribution in [0, 0.1) is 0 Å². The van der Waals surface area contributed by atoms with Crippen molar-refractivity contribution in [2.75, 3.05) is 13.1 Å². The molecule has 4 rings (SSSR count). The molecule has 0 atom stereocenters. The van der Waals surface area contributed by atoms with Gasteiger partial charge in [0.15, 0.2) is 5.76 Å². The van der Waals surface area contributed by atoms with Crippen LogP contribution in [-0.2, 0) is 13.1 Å². The van der Waals surface area contributed by atoms with Gasteiger partial charge in [0.1, 0.15) is 5.69 Å². The van der Waals surface area contributed by atoms with Gasteiger partial charge in [-0.3, -0.25) is 4.90 Å². The summed E-state index contributed by atoms with van der Waals surface area (Å²) >= 11 is 0. The van der Waals surface area contributed by atoms with Crippen molar-refractivity contribution < 1.29 is 4.52 Å². The lowest BCUT2D eigenvalue weighted by Crippen LogP contribution is -2.18. The molecule has 4 nitrogen and oxygen atoms in total. The molecule has 25 heavy (non-hydrogen) atoms. The second-order valence-corrected chi connectivity index (χ2v) is 6.60. The van der Waals surface area contributed by atoms with Gasteiger partial charge in [0.2, 0.25) is 0 Å². The highest BCUT2D eigenvalue weighted by atomic mass is 16.5. The zero-order chi connectivity index (χ0) is 17.1. The van der Waals surface area contributed by atoms with Gasteiger partial charge in [0.05, 0.1) is 6.54 Å². The summed E-state index contributed by atoms with van der Waals surface area (Å²) in [4.78, 5) is 2.54. The van der Waals surface area contributed by atoms with Gasteiger partial charge in [-0.25, -0.2) is 0 Å². The van der Waals surface area contributed by atoms with E-state index in [1.54, 1.807) is 0 Å². The largest absolute Gasteiger partial charge is 0.359 e. The fourth-order valence-electron chi connectivity index (χ4n) is 3.49. The van der Waals surface area contributed by atoms with Crippen LogP contribution < -0.4 is 5.73 Å². The van der Waals surface area contributed by atoms with Crippen molar-refractivity contribution in [1.29, 1.82) is 0 Å². The summed E-state index contributed by atoms with van der Waals surface area (Å²) in [6, 6.07) is 19.1. The molecule has 4 heteroatoms. The Kier molecular flexibility index (Phi) is 4.63. The van der Waals surface area contributed by atoms with Crippen LogP contribution in [0.15, 0.2) is 59.1 Å². The van der Waals surface area contributed by atoms with Crippen LogP contribution >= 0.6 is 0 Å². The molecule has 0 amide bonds. The Hall–Kier alpha value is -2.43. The molecule has 0 bridgehead atoms. The number of likely N-dealkylation sites (tertiary alicyclic amines) is 1. The average Bonchev–Trinajstić information content (AvgIpc) is 3.34. The Morgan fingerprint density at radius 2 is 1.68 bits per heavy atom. The molecule has 3 aromatic rings. The maximum absolute atomic E-state index is 5.59. The third-order valence-corrected chi connectivity index (χ3v) is 4.86. The molecule has 1 aliphatic rings. The number of nitrogens with zero attached hydrogens (tertiary/aromatic N) is 2. The zero-order valence-corrected chi connectivity index (χ0v) is 14.3. The minimum Gasteiger partial charge on any atom is -0.359 e. The molecule has 0 aliphatic carbocycles. The summed E-state index contributed by atoms with van der Waals surface area (Å²) in [7, 11) is 0. The Morgan fingerprint density at radius 3 is 2.40 bits per heavy atom. The molecule has 0 spiro atoms. The minimum atomic E-state index is 0.370. The highest BCUT2D eigenvalue weighted by Gasteiger charge is 2.14. The number of benzene rings is 2. The van der Waals surface area contributed by atoms with Gasteiger partial charge in [0.25, 0.3) is 0 Å². The second kappa shape index (κ2) is 7.21. The van der Waals surface area contributed by atoms with Crippen LogP contribution in [0.1, 0.15) is 24.2 Å². The fraction of sp³-hybridized carbons (Fsp3) is 0.286. The standard InChI is InChI=1S/C21H23N3O/c22-14-19-13-21(23-25-19)17-9-7-16(8-10-17)20-6-2-1-5-18(20)15-24-11-3-4-12-24/h1-2,5-10,13H,3-4,11-12,14-15,22H2. The number of nitrogens with two attached hydrogens (primary N) is 1. The Balaban J connectivity index is 1.59. The van der Waals surface area contributed by atoms with E-state index >= 15 is 0 Å². The first-order valence-electron chi connectivity index (χ1n) is 8.90. The Labute approximate surface area is 148 Å². The number of aromatic nitrogens is 1. The van der Waals surface area contributed by atoms with Crippen molar-refractivity contribution in [3.8, 4) is 22.4 Å². The van der Waals surface area contributed by atoms with E-state index in [2.05, 4.69) is 58.6 Å².